The van der Waals surface area contributed by atoms with E-state index in [0.717, 1.165) is 6.42 Å². The molecule has 0 aliphatic rings. The van der Waals surface area contributed by atoms with Crippen LogP contribution >= 0.6 is 0 Å². The van der Waals surface area contributed by atoms with Gasteiger partial charge >= 0.3 is 0 Å². The summed E-state index contributed by atoms with van der Waals surface area (Å²) < 4.78 is 0. The first kappa shape index (κ1) is 9.79. The first-order valence-corrected chi connectivity index (χ1v) is 4.59. The summed E-state index contributed by atoms with van der Waals surface area (Å²) in [6.45, 7) is 8.06. The minimum atomic E-state index is 0.973. The Kier molecular flexibility index (Phi) is 3.51. The van der Waals surface area contributed by atoms with Crippen LogP contribution in [-0.4, -0.2) is 0 Å². The Bertz CT molecular complexity index is 304. The zero-order valence-corrected chi connectivity index (χ0v) is 8.38. The van der Waals surface area contributed by atoms with Gasteiger partial charge in [0.2, 0.25) is 0 Å². The van der Waals surface area contributed by atoms with E-state index in [1.54, 1.807) is 0 Å². The molecule has 0 atom stereocenters. The predicted molar refractivity (Wildman–Crippen MR) is 59.5 cm³/mol. The van der Waals surface area contributed by atoms with Crippen molar-refractivity contribution in [2.45, 2.75) is 20.3 Å². The molecule has 0 saturated carbocycles. The predicted octanol–water partition coefficient (Wildman–Crippen LogP) is 4.06. The van der Waals surface area contributed by atoms with Crippen LogP contribution in [0.4, 0.5) is 0 Å². The topological polar surface area (TPSA) is 0 Å². The van der Waals surface area contributed by atoms with E-state index in [0.29, 0.717) is 0 Å². The van der Waals surface area contributed by atoms with Gasteiger partial charge in [0, 0.05) is 0 Å². The lowest BCUT2D eigenvalue weighted by molar-refractivity contribution is 1.23. The van der Waals surface area contributed by atoms with E-state index in [9.17, 15) is 0 Å². The van der Waals surface area contributed by atoms with Crippen molar-refractivity contribution in [1.29, 1.82) is 0 Å². The van der Waals surface area contributed by atoms with Crippen molar-refractivity contribution in [2.75, 3.05) is 0 Å². The Morgan fingerprint density at radius 2 is 1.92 bits per heavy atom. The Morgan fingerprint density at radius 1 is 1.31 bits per heavy atom. The molecule has 1 aromatic rings. The molecular weight excluding hydrogens is 156 g/mol. The van der Waals surface area contributed by atoms with Gasteiger partial charge in [-0.25, -0.2) is 0 Å². The SMILES string of the molecule is C=C(C)C/C(=C/C)c1ccccc1. The molecule has 0 N–H and O–H groups in total. The lowest BCUT2D eigenvalue weighted by Gasteiger charge is -2.06. The molecule has 0 spiro atoms. The maximum absolute atomic E-state index is 3.93. The normalized spacial score (nSPS) is 11.4. The molecule has 0 saturated heterocycles. The van der Waals surface area contributed by atoms with Gasteiger partial charge in [0.15, 0.2) is 0 Å². The molecule has 13 heavy (non-hydrogen) atoms. The third kappa shape index (κ3) is 2.90. The zero-order valence-electron chi connectivity index (χ0n) is 8.38. The average Bonchev–Trinajstić information content (AvgIpc) is 2.15. The van der Waals surface area contributed by atoms with Crippen molar-refractivity contribution in [2.24, 2.45) is 0 Å². The van der Waals surface area contributed by atoms with E-state index in [1.165, 1.54) is 16.7 Å². The van der Waals surface area contributed by atoms with Gasteiger partial charge in [-0.05, 0) is 31.4 Å². The molecular formula is C13H16. The largest absolute Gasteiger partial charge is 0.0998 e. The molecule has 68 valence electrons. The summed E-state index contributed by atoms with van der Waals surface area (Å²) in [6.07, 6.45) is 3.13. The molecule has 0 amide bonds. The van der Waals surface area contributed by atoms with Gasteiger partial charge in [-0.15, -0.1) is 0 Å². The van der Waals surface area contributed by atoms with Gasteiger partial charge in [-0.2, -0.15) is 0 Å². The van der Waals surface area contributed by atoms with Gasteiger partial charge < -0.3 is 0 Å². The average molecular weight is 172 g/mol. The van der Waals surface area contributed by atoms with Crippen molar-refractivity contribution in [3.05, 3.63) is 54.1 Å². The molecule has 0 radical (unpaired) electrons. The van der Waals surface area contributed by atoms with E-state index in [2.05, 4.69) is 50.8 Å². The molecule has 0 fully saturated rings. The summed E-state index contributed by atoms with van der Waals surface area (Å²) in [7, 11) is 0. The highest BCUT2D eigenvalue weighted by Gasteiger charge is 1.98. The summed E-state index contributed by atoms with van der Waals surface area (Å²) in [5.41, 5.74) is 3.86. The molecule has 0 bridgehead atoms. The van der Waals surface area contributed by atoms with Crippen LogP contribution in [-0.2, 0) is 0 Å². The smallest absolute Gasteiger partial charge is 0.00699 e. The van der Waals surface area contributed by atoms with E-state index in [1.807, 2.05) is 6.07 Å². The highest BCUT2D eigenvalue weighted by molar-refractivity contribution is 5.66. The summed E-state index contributed by atoms with van der Waals surface area (Å²) in [5.74, 6) is 0. The third-order valence-electron chi connectivity index (χ3n) is 1.99. The molecule has 0 aliphatic carbocycles. The first-order valence-electron chi connectivity index (χ1n) is 4.59. The van der Waals surface area contributed by atoms with Crippen LogP contribution in [0.25, 0.3) is 5.57 Å². The van der Waals surface area contributed by atoms with Crippen LogP contribution in [0.1, 0.15) is 25.8 Å². The highest BCUT2D eigenvalue weighted by Crippen LogP contribution is 2.20. The lowest BCUT2D eigenvalue weighted by atomic mass is 10.00. The van der Waals surface area contributed by atoms with Crippen molar-refractivity contribution in [3.63, 3.8) is 0 Å². The van der Waals surface area contributed by atoms with Crippen LogP contribution in [0.15, 0.2) is 48.6 Å². The molecule has 1 aromatic carbocycles. The number of benzene rings is 1. The van der Waals surface area contributed by atoms with Crippen LogP contribution in [0, 0.1) is 0 Å². The number of hydrogen-bond acceptors (Lipinski definition) is 0. The van der Waals surface area contributed by atoms with Gasteiger partial charge in [0.25, 0.3) is 0 Å². The second kappa shape index (κ2) is 4.66. The molecule has 1 rings (SSSR count). The van der Waals surface area contributed by atoms with Gasteiger partial charge in [0.1, 0.15) is 0 Å². The Labute approximate surface area is 80.6 Å². The second-order valence-electron chi connectivity index (χ2n) is 3.31. The fraction of sp³-hybridized carbons (Fsp3) is 0.231. The summed E-state index contributed by atoms with van der Waals surface area (Å²) in [4.78, 5) is 0. The van der Waals surface area contributed by atoms with Gasteiger partial charge in [-0.3, -0.25) is 0 Å². The Hall–Kier alpha value is -1.30. The van der Waals surface area contributed by atoms with Crippen LogP contribution < -0.4 is 0 Å². The van der Waals surface area contributed by atoms with Gasteiger partial charge in [0.05, 0.1) is 0 Å². The lowest BCUT2D eigenvalue weighted by Crippen LogP contribution is -1.84. The standard InChI is InChI=1S/C13H16/c1-4-12(10-11(2)3)13-8-6-5-7-9-13/h4-9H,2,10H2,1,3H3/b12-4-. The monoisotopic (exact) mass is 172 g/mol. The maximum Gasteiger partial charge on any atom is -0.00699 e. The molecule has 0 aliphatic heterocycles. The van der Waals surface area contributed by atoms with Gasteiger partial charge in [-0.1, -0.05) is 48.6 Å². The van der Waals surface area contributed by atoms with Crippen molar-refractivity contribution in [1.82, 2.24) is 0 Å². The molecule has 0 heteroatoms. The number of rotatable bonds is 3. The fourth-order valence-corrected chi connectivity index (χ4v) is 1.35. The van der Waals surface area contributed by atoms with E-state index in [4.69, 9.17) is 0 Å². The highest BCUT2D eigenvalue weighted by atomic mass is 14.0. The Balaban J connectivity index is 2.86. The van der Waals surface area contributed by atoms with Crippen molar-refractivity contribution < 1.29 is 0 Å². The van der Waals surface area contributed by atoms with Crippen LogP contribution in [0.3, 0.4) is 0 Å². The first-order chi connectivity index (χ1) is 6.24. The second-order valence-corrected chi connectivity index (χ2v) is 3.31. The summed E-state index contributed by atoms with van der Waals surface area (Å²) >= 11 is 0. The molecule has 0 unspecified atom stereocenters. The van der Waals surface area contributed by atoms with Crippen molar-refractivity contribution in [3.8, 4) is 0 Å². The van der Waals surface area contributed by atoms with Crippen molar-refractivity contribution >= 4 is 5.57 Å². The molecule has 0 aromatic heterocycles. The summed E-state index contributed by atoms with van der Waals surface area (Å²) in [6, 6.07) is 10.4. The maximum atomic E-state index is 3.93. The van der Waals surface area contributed by atoms with E-state index >= 15 is 0 Å². The number of hydrogen-bond donors (Lipinski definition) is 0. The van der Waals surface area contributed by atoms with Crippen LogP contribution in [0.2, 0.25) is 0 Å². The third-order valence-corrected chi connectivity index (χ3v) is 1.99. The Morgan fingerprint density at radius 3 is 2.38 bits per heavy atom. The van der Waals surface area contributed by atoms with Crippen LogP contribution in [0.5, 0.6) is 0 Å². The summed E-state index contributed by atoms with van der Waals surface area (Å²) in [5, 5.41) is 0. The molecule has 0 heterocycles. The molecule has 0 nitrogen and oxygen atoms in total. The van der Waals surface area contributed by atoms with E-state index < -0.39 is 0 Å². The van der Waals surface area contributed by atoms with E-state index in [-0.39, 0.29) is 0 Å². The zero-order chi connectivity index (χ0) is 9.68. The quantitative estimate of drug-likeness (QED) is 0.603. The minimum absolute atomic E-state index is 0.973. The number of allylic oxidation sites excluding steroid dienone is 3. The minimum Gasteiger partial charge on any atom is -0.0998 e. The fourth-order valence-electron chi connectivity index (χ4n) is 1.35.